The van der Waals surface area contributed by atoms with Gasteiger partial charge in [0.05, 0.1) is 24.8 Å². The molecule has 2 N–H and O–H groups in total. The van der Waals surface area contributed by atoms with Gasteiger partial charge in [-0.25, -0.2) is 0 Å². The van der Waals surface area contributed by atoms with Crippen molar-refractivity contribution in [3.63, 3.8) is 0 Å². The van der Waals surface area contributed by atoms with Crippen LogP contribution in [0.1, 0.15) is 30.8 Å². The second-order valence-corrected chi connectivity index (χ2v) is 5.71. The van der Waals surface area contributed by atoms with Gasteiger partial charge in [-0.1, -0.05) is 12.1 Å². The summed E-state index contributed by atoms with van der Waals surface area (Å²) in [6.45, 7) is 4.00. The van der Waals surface area contributed by atoms with Crippen LogP contribution >= 0.6 is 7.60 Å². The molecule has 0 heterocycles. The van der Waals surface area contributed by atoms with Crippen LogP contribution in [0.4, 0.5) is 0 Å². The molecule has 0 spiro atoms. The van der Waals surface area contributed by atoms with Gasteiger partial charge in [0.2, 0.25) is 0 Å². The van der Waals surface area contributed by atoms with E-state index in [1.54, 1.807) is 38.1 Å². The maximum absolute atomic E-state index is 12.4. The Kier molecular flexibility index (Phi) is 5.52. The Hall–Kier alpha value is -1.18. The van der Waals surface area contributed by atoms with Gasteiger partial charge in [0.15, 0.2) is 0 Å². The molecular formula is C12H17N2O3P. The molecule has 0 aromatic heterocycles. The predicted octanol–water partition coefficient (Wildman–Crippen LogP) is 2.78. The zero-order chi connectivity index (χ0) is 13.6. The van der Waals surface area contributed by atoms with Gasteiger partial charge in [-0.2, -0.15) is 5.26 Å². The van der Waals surface area contributed by atoms with Crippen molar-refractivity contribution in [3.05, 3.63) is 35.4 Å². The first kappa shape index (κ1) is 14.9. The van der Waals surface area contributed by atoms with Gasteiger partial charge in [-0.3, -0.25) is 4.57 Å². The first-order valence-corrected chi connectivity index (χ1v) is 7.33. The number of nitriles is 1. The average Bonchev–Trinajstić information content (AvgIpc) is 2.38. The molecule has 1 aromatic carbocycles. The maximum Gasteiger partial charge on any atom is 0.351 e. The highest BCUT2D eigenvalue weighted by molar-refractivity contribution is 7.54. The third-order valence-electron chi connectivity index (χ3n) is 2.34. The fourth-order valence-corrected chi connectivity index (χ4v) is 3.15. The summed E-state index contributed by atoms with van der Waals surface area (Å²) in [6.07, 6.45) is 0. The Balaban J connectivity index is 2.98. The summed E-state index contributed by atoms with van der Waals surface area (Å²) < 4.78 is 22.8. The third kappa shape index (κ3) is 3.41. The number of nitrogens with two attached hydrogens (primary N) is 1. The van der Waals surface area contributed by atoms with Crippen LogP contribution in [-0.4, -0.2) is 13.2 Å². The second-order valence-electron chi connectivity index (χ2n) is 3.55. The van der Waals surface area contributed by atoms with E-state index in [0.29, 0.717) is 11.1 Å². The highest BCUT2D eigenvalue weighted by atomic mass is 31.2. The normalized spacial score (nSPS) is 13.0. The van der Waals surface area contributed by atoms with Crippen LogP contribution < -0.4 is 5.73 Å². The van der Waals surface area contributed by atoms with E-state index in [-0.39, 0.29) is 13.2 Å². The van der Waals surface area contributed by atoms with Crippen molar-refractivity contribution in [2.24, 2.45) is 5.73 Å². The molecular weight excluding hydrogens is 251 g/mol. The molecule has 0 aliphatic carbocycles. The molecule has 0 saturated carbocycles. The Morgan fingerprint density at radius 2 is 1.78 bits per heavy atom. The van der Waals surface area contributed by atoms with Crippen LogP contribution in [-0.2, 0) is 13.6 Å². The molecule has 1 rings (SSSR count). The molecule has 0 fully saturated rings. The molecule has 0 radical (unpaired) electrons. The van der Waals surface area contributed by atoms with E-state index in [2.05, 4.69) is 0 Å². The Morgan fingerprint density at radius 3 is 2.17 bits per heavy atom. The summed E-state index contributed by atoms with van der Waals surface area (Å²) >= 11 is 0. The summed E-state index contributed by atoms with van der Waals surface area (Å²) in [5, 5.41) is 8.71. The molecule has 5 nitrogen and oxygen atoms in total. The average molecular weight is 268 g/mol. The van der Waals surface area contributed by atoms with Gasteiger partial charge in [-0.15, -0.1) is 0 Å². The van der Waals surface area contributed by atoms with E-state index in [9.17, 15) is 4.57 Å². The van der Waals surface area contributed by atoms with Crippen LogP contribution in [0.2, 0.25) is 0 Å². The summed E-state index contributed by atoms with van der Waals surface area (Å²) in [6, 6.07) is 8.58. The quantitative estimate of drug-likeness (QED) is 0.802. The van der Waals surface area contributed by atoms with Crippen molar-refractivity contribution >= 4 is 7.60 Å². The number of nitrogens with zero attached hydrogens (tertiary/aromatic N) is 1. The van der Waals surface area contributed by atoms with Gasteiger partial charge >= 0.3 is 7.60 Å². The van der Waals surface area contributed by atoms with Crippen molar-refractivity contribution in [1.82, 2.24) is 0 Å². The molecule has 0 unspecified atom stereocenters. The summed E-state index contributed by atoms with van der Waals surface area (Å²) in [5.74, 6) is -0.842. The minimum atomic E-state index is -3.36. The van der Waals surface area contributed by atoms with E-state index in [4.69, 9.17) is 20.0 Å². The van der Waals surface area contributed by atoms with Gasteiger partial charge in [-0.05, 0) is 31.5 Å². The minimum absolute atomic E-state index is 0.265. The molecule has 0 amide bonds. The number of hydrogen-bond acceptors (Lipinski definition) is 5. The van der Waals surface area contributed by atoms with Crippen molar-refractivity contribution in [2.45, 2.75) is 19.6 Å². The highest BCUT2D eigenvalue weighted by Crippen LogP contribution is 2.58. The maximum atomic E-state index is 12.4. The monoisotopic (exact) mass is 268 g/mol. The van der Waals surface area contributed by atoms with Crippen LogP contribution in [0.25, 0.3) is 0 Å². The number of hydrogen-bond donors (Lipinski definition) is 1. The first-order valence-electron chi connectivity index (χ1n) is 5.71. The van der Waals surface area contributed by atoms with Gasteiger partial charge in [0, 0.05) is 0 Å². The lowest BCUT2D eigenvalue weighted by Gasteiger charge is -2.23. The summed E-state index contributed by atoms with van der Waals surface area (Å²) in [4.78, 5) is 0. The zero-order valence-corrected chi connectivity index (χ0v) is 11.4. The van der Waals surface area contributed by atoms with E-state index in [1.807, 2.05) is 6.07 Å². The molecule has 98 valence electrons. The van der Waals surface area contributed by atoms with Gasteiger partial charge in [0.1, 0.15) is 5.78 Å². The molecule has 0 aliphatic heterocycles. The smallest absolute Gasteiger partial charge is 0.314 e. The largest absolute Gasteiger partial charge is 0.351 e. The van der Waals surface area contributed by atoms with E-state index < -0.39 is 13.4 Å². The van der Waals surface area contributed by atoms with Crippen molar-refractivity contribution in [3.8, 4) is 6.07 Å². The fourth-order valence-electron chi connectivity index (χ4n) is 1.50. The molecule has 0 saturated heterocycles. The SMILES string of the molecule is CCOP(=O)(OCC)[C@H](N)c1ccc(C#N)cc1. The lowest BCUT2D eigenvalue weighted by Crippen LogP contribution is -2.15. The van der Waals surface area contributed by atoms with Gasteiger partial charge in [0.25, 0.3) is 0 Å². The van der Waals surface area contributed by atoms with Crippen molar-refractivity contribution in [2.75, 3.05) is 13.2 Å². The summed E-state index contributed by atoms with van der Waals surface area (Å²) in [7, 11) is -3.36. The first-order chi connectivity index (χ1) is 8.57. The second kappa shape index (κ2) is 6.67. The Bertz CT molecular complexity index is 457. The fraction of sp³-hybridized carbons (Fsp3) is 0.417. The molecule has 0 bridgehead atoms. The third-order valence-corrected chi connectivity index (χ3v) is 4.56. The Labute approximate surface area is 107 Å². The van der Waals surface area contributed by atoms with Crippen LogP contribution in [0, 0.1) is 11.3 Å². The molecule has 6 heteroatoms. The van der Waals surface area contributed by atoms with Crippen molar-refractivity contribution < 1.29 is 13.6 Å². The molecule has 0 aliphatic rings. The minimum Gasteiger partial charge on any atom is -0.314 e. The number of rotatable bonds is 6. The van der Waals surface area contributed by atoms with E-state index in [1.165, 1.54) is 0 Å². The molecule has 1 aromatic rings. The topological polar surface area (TPSA) is 85.3 Å². The zero-order valence-electron chi connectivity index (χ0n) is 10.5. The van der Waals surface area contributed by atoms with Crippen LogP contribution in [0.3, 0.4) is 0 Å². The van der Waals surface area contributed by atoms with Gasteiger partial charge < -0.3 is 14.8 Å². The van der Waals surface area contributed by atoms with Crippen LogP contribution in [0.5, 0.6) is 0 Å². The lowest BCUT2D eigenvalue weighted by atomic mass is 10.1. The van der Waals surface area contributed by atoms with E-state index >= 15 is 0 Å². The number of benzene rings is 1. The van der Waals surface area contributed by atoms with Crippen LogP contribution in [0.15, 0.2) is 24.3 Å². The standard InChI is InChI=1S/C12H17N2O3P/c1-3-16-18(15,17-4-2)12(14)11-7-5-10(9-13)6-8-11/h5-8,12H,3-4,14H2,1-2H3/t12-/m0/s1. The van der Waals surface area contributed by atoms with E-state index in [0.717, 1.165) is 0 Å². The highest BCUT2D eigenvalue weighted by Gasteiger charge is 2.33. The Morgan fingerprint density at radius 1 is 1.28 bits per heavy atom. The lowest BCUT2D eigenvalue weighted by molar-refractivity contribution is 0.212. The predicted molar refractivity (Wildman–Crippen MR) is 68.9 cm³/mol. The van der Waals surface area contributed by atoms with Crippen molar-refractivity contribution in [1.29, 1.82) is 5.26 Å². The molecule has 1 atom stereocenters. The summed E-state index contributed by atoms with van der Waals surface area (Å²) in [5.41, 5.74) is 7.09. The molecule has 18 heavy (non-hydrogen) atoms.